The number of hydrogen-bond donors (Lipinski definition) is 1. The lowest BCUT2D eigenvalue weighted by Gasteiger charge is -2.25. The highest BCUT2D eigenvalue weighted by Crippen LogP contribution is 2.23. The lowest BCUT2D eigenvalue weighted by atomic mass is 10.1. The maximum Gasteiger partial charge on any atom is 0.264 e. The van der Waals surface area contributed by atoms with Crippen LogP contribution < -0.4 is 9.62 Å². The van der Waals surface area contributed by atoms with Crippen LogP contribution in [0.1, 0.15) is 18.9 Å². The molecule has 1 amide bonds. The molecule has 3 rings (SSSR count). The molecule has 0 saturated carbocycles. The van der Waals surface area contributed by atoms with E-state index in [0.717, 1.165) is 17.1 Å². The van der Waals surface area contributed by atoms with Crippen LogP contribution in [0.3, 0.4) is 0 Å². The Morgan fingerprint density at radius 1 is 0.867 bits per heavy atom. The van der Waals surface area contributed by atoms with Crippen LogP contribution in [0, 0.1) is 0 Å². The fourth-order valence-electron chi connectivity index (χ4n) is 3.18. The Hall–Kier alpha value is -3.12. The first-order valence-corrected chi connectivity index (χ1v) is 11.4. The number of amides is 1. The van der Waals surface area contributed by atoms with Crippen LogP contribution in [0.15, 0.2) is 95.9 Å². The zero-order chi connectivity index (χ0) is 21.4. The standard InChI is InChI=1S/C24H26N2O3S/c1-20(17-18-21-11-5-2-6-12-21)25-24(27)19-26(22-13-7-3-8-14-22)30(28,29)23-15-9-4-10-16-23/h2-16,20H,17-19H2,1H3,(H,25,27)/t20-/m1/s1. The van der Waals surface area contributed by atoms with Gasteiger partial charge in [-0.05, 0) is 49.6 Å². The van der Waals surface area contributed by atoms with Gasteiger partial charge in [0.2, 0.25) is 5.91 Å². The van der Waals surface area contributed by atoms with Crippen molar-refractivity contribution in [2.75, 3.05) is 10.8 Å². The molecule has 156 valence electrons. The van der Waals surface area contributed by atoms with Crippen LogP contribution in [-0.2, 0) is 21.2 Å². The Balaban J connectivity index is 1.71. The number of sulfonamides is 1. The predicted molar refractivity (Wildman–Crippen MR) is 120 cm³/mol. The molecule has 6 heteroatoms. The molecule has 0 bridgehead atoms. The van der Waals surface area contributed by atoms with Gasteiger partial charge in [0.15, 0.2) is 0 Å². The number of aryl methyl sites for hydroxylation is 1. The maximum atomic E-state index is 13.2. The van der Waals surface area contributed by atoms with E-state index in [-0.39, 0.29) is 23.4 Å². The summed E-state index contributed by atoms with van der Waals surface area (Å²) in [5.41, 5.74) is 1.66. The summed E-state index contributed by atoms with van der Waals surface area (Å²) in [5.74, 6) is -0.334. The Kier molecular flexibility index (Phi) is 7.25. The molecule has 5 nitrogen and oxygen atoms in total. The van der Waals surface area contributed by atoms with Crippen LogP contribution in [0.25, 0.3) is 0 Å². The van der Waals surface area contributed by atoms with E-state index >= 15 is 0 Å². The largest absolute Gasteiger partial charge is 0.352 e. The van der Waals surface area contributed by atoms with Crippen molar-refractivity contribution in [3.8, 4) is 0 Å². The third-order valence-electron chi connectivity index (χ3n) is 4.78. The first-order chi connectivity index (χ1) is 14.5. The smallest absolute Gasteiger partial charge is 0.264 e. The normalized spacial score (nSPS) is 12.2. The van der Waals surface area contributed by atoms with E-state index < -0.39 is 10.0 Å². The van der Waals surface area contributed by atoms with Gasteiger partial charge in [-0.25, -0.2) is 8.42 Å². The number of para-hydroxylation sites is 1. The molecule has 3 aromatic rings. The van der Waals surface area contributed by atoms with Gasteiger partial charge in [0.05, 0.1) is 10.6 Å². The van der Waals surface area contributed by atoms with E-state index in [2.05, 4.69) is 17.4 Å². The minimum absolute atomic E-state index is 0.0743. The molecule has 0 heterocycles. The van der Waals surface area contributed by atoms with Crippen molar-refractivity contribution in [2.24, 2.45) is 0 Å². The lowest BCUT2D eigenvalue weighted by Crippen LogP contribution is -2.43. The third-order valence-corrected chi connectivity index (χ3v) is 6.57. The quantitative estimate of drug-likeness (QED) is 0.566. The summed E-state index contributed by atoms with van der Waals surface area (Å²) in [4.78, 5) is 12.9. The minimum Gasteiger partial charge on any atom is -0.352 e. The highest BCUT2D eigenvalue weighted by Gasteiger charge is 2.27. The molecule has 0 aliphatic heterocycles. The van der Waals surface area contributed by atoms with Crippen molar-refractivity contribution in [1.82, 2.24) is 5.32 Å². The molecule has 0 aliphatic carbocycles. The van der Waals surface area contributed by atoms with Crippen molar-refractivity contribution < 1.29 is 13.2 Å². The molecule has 0 saturated heterocycles. The molecule has 0 aliphatic rings. The Bertz CT molecular complexity index is 1040. The number of carbonyl (C=O) groups excluding carboxylic acids is 1. The summed E-state index contributed by atoms with van der Waals surface area (Å²) >= 11 is 0. The number of carbonyl (C=O) groups is 1. The number of nitrogens with zero attached hydrogens (tertiary/aromatic N) is 1. The van der Waals surface area contributed by atoms with Crippen molar-refractivity contribution >= 4 is 21.6 Å². The monoisotopic (exact) mass is 422 g/mol. The zero-order valence-electron chi connectivity index (χ0n) is 16.9. The molecular formula is C24H26N2O3S. The third kappa shape index (κ3) is 5.70. The van der Waals surface area contributed by atoms with Gasteiger partial charge in [0, 0.05) is 6.04 Å². The van der Waals surface area contributed by atoms with Gasteiger partial charge in [0.1, 0.15) is 6.54 Å². The predicted octanol–water partition coefficient (Wildman–Crippen LogP) is 4.02. The van der Waals surface area contributed by atoms with Crippen LogP contribution in [0.4, 0.5) is 5.69 Å². The summed E-state index contributed by atoms with van der Waals surface area (Å²) in [6.45, 7) is 1.65. The topological polar surface area (TPSA) is 66.5 Å². The SMILES string of the molecule is C[C@H](CCc1ccccc1)NC(=O)CN(c1ccccc1)S(=O)(=O)c1ccccc1. The van der Waals surface area contributed by atoms with Gasteiger partial charge in [-0.1, -0.05) is 66.7 Å². The molecule has 0 unspecified atom stereocenters. The molecule has 0 spiro atoms. The molecule has 3 aromatic carbocycles. The van der Waals surface area contributed by atoms with E-state index in [1.165, 1.54) is 17.7 Å². The highest BCUT2D eigenvalue weighted by atomic mass is 32.2. The van der Waals surface area contributed by atoms with E-state index in [1.54, 1.807) is 42.5 Å². The summed E-state index contributed by atoms with van der Waals surface area (Å²) < 4.78 is 27.6. The number of rotatable bonds is 9. The molecule has 30 heavy (non-hydrogen) atoms. The average Bonchev–Trinajstić information content (AvgIpc) is 2.78. The molecule has 0 aromatic heterocycles. The number of hydrogen-bond acceptors (Lipinski definition) is 3. The van der Waals surface area contributed by atoms with Crippen LogP contribution in [-0.4, -0.2) is 26.9 Å². The van der Waals surface area contributed by atoms with Gasteiger partial charge >= 0.3 is 0 Å². The van der Waals surface area contributed by atoms with Gasteiger partial charge in [-0.15, -0.1) is 0 Å². The Labute approximate surface area is 178 Å². The van der Waals surface area contributed by atoms with Crippen LogP contribution >= 0.6 is 0 Å². The second-order valence-electron chi connectivity index (χ2n) is 7.15. The molecule has 1 atom stereocenters. The fourth-order valence-corrected chi connectivity index (χ4v) is 4.62. The van der Waals surface area contributed by atoms with Gasteiger partial charge in [-0.3, -0.25) is 9.10 Å². The highest BCUT2D eigenvalue weighted by molar-refractivity contribution is 7.92. The molecular weight excluding hydrogens is 396 g/mol. The first-order valence-electron chi connectivity index (χ1n) is 9.93. The maximum absolute atomic E-state index is 13.2. The summed E-state index contributed by atoms with van der Waals surface area (Å²) in [7, 11) is -3.87. The average molecular weight is 423 g/mol. The Morgan fingerprint density at radius 2 is 1.40 bits per heavy atom. The Morgan fingerprint density at radius 3 is 2.00 bits per heavy atom. The molecule has 0 fully saturated rings. The van der Waals surface area contributed by atoms with E-state index in [0.29, 0.717) is 5.69 Å². The zero-order valence-corrected chi connectivity index (χ0v) is 17.8. The van der Waals surface area contributed by atoms with Crippen LogP contribution in [0.5, 0.6) is 0 Å². The molecule has 0 radical (unpaired) electrons. The number of nitrogens with one attached hydrogen (secondary N) is 1. The summed E-state index contributed by atoms with van der Waals surface area (Å²) in [6.07, 6.45) is 1.61. The minimum atomic E-state index is -3.87. The summed E-state index contributed by atoms with van der Waals surface area (Å²) in [6, 6.07) is 26.8. The van der Waals surface area contributed by atoms with Gasteiger partial charge < -0.3 is 5.32 Å². The van der Waals surface area contributed by atoms with Crippen molar-refractivity contribution in [2.45, 2.75) is 30.7 Å². The van der Waals surface area contributed by atoms with Gasteiger partial charge in [0.25, 0.3) is 10.0 Å². The lowest BCUT2D eigenvalue weighted by molar-refractivity contribution is -0.120. The fraction of sp³-hybridized carbons (Fsp3) is 0.208. The second kappa shape index (κ2) is 10.1. The van der Waals surface area contributed by atoms with E-state index in [4.69, 9.17) is 0 Å². The van der Waals surface area contributed by atoms with Crippen LogP contribution in [0.2, 0.25) is 0 Å². The van der Waals surface area contributed by atoms with Crippen molar-refractivity contribution in [1.29, 1.82) is 0 Å². The second-order valence-corrected chi connectivity index (χ2v) is 9.02. The number of anilines is 1. The molecule has 1 N–H and O–H groups in total. The van der Waals surface area contributed by atoms with E-state index in [1.807, 2.05) is 31.2 Å². The number of benzene rings is 3. The summed E-state index contributed by atoms with van der Waals surface area (Å²) in [5, 5.41) is 2.93. The van der Waals surface area contributed by atoms with E-state index in [9.17, 15) is 13.2 Å². The van der Waals surface area contributed by atoms with Crippen molar-refractivity contribution in [3.63, 3.8) is 0 Å². The van der Waals surface area contributed by atoms with Gasteiger partial charge in [-0.2, -0.15) is 0 Å². The first kappa shape index (κ1) is 21.6. The van der Waals surface area contributed by atoms with Crippen molar-refractivity contribution in [3.05, 3.63) is 96.6 Å².